The lowest BCUT2D eigenvalue weighted by Crippen LogP contribution is -2.37. The van der Waals surface area contributed by atoms with Crippen LogP contribution in [-0.4, -0.2) is 30.4 Å². The molecule has 0 unspecified atom stereocenters. The van der Waals surface area contributed by atoms with Crippen molar-refractivity contribution in [2.75, 3.05) is 19.6 Å². The Morgan fingerprint density at radius 1 is 0.939 bits per heavy atom. The van der Waals surface area contributed by atoms with E-state index in [1.165, 1.54) is 5.56 Å². The van der Waals surface area contributed by atoms with Crippen LogP contribution in [0, 0.1) is 11.8 Å². The molecule has 5 heteroatoms. The molecule has 5 rings (SSSR count). The third kappa shape index (κ3) is 5.13. The minimum absolute atomic E-state index is 0.0402. The topological polar surface area (TPSA) is 45.5 Å². The first-order valence-corrected chi connectivity index (χ1v) is 11.8. The number of hydrogen-bond acceptors (Lipinski definition) is 3. The SMILES string of the molecule is O=C(c1ccc2occc2c1)N(Cc1ccc(Cl)cc1)C[C@H]1CNC[C@@H]1Cc1ccccc1. The van der Waals surface area contributed by atoms with Crippen LogP contribution in [0.25, 0.3) is 11.0 Å². The Morgan fingerprint density at radius 2 is 1.73 bits per heavy atom. The van der Waals surface area contributed by atoms with E-state index in [0.29, 0.717) is 35.5 Å². The average molecular weight is 459 g/mol. The highest BCUT2D eigenvalue weighted by molar-refractivity contribution is 6.30. The van der Waals surface area contributed by atoms with Gasteiger partial charge in [0.25, 0.3) is 5.91 Å². The zero-order chi connectivity index (χ0) is 22.6. The smallest absolute Gasteiger partial charge is 0.254 e. The van der Waals surface area contributed by atoms with Crippen LogP contribution in [0.2, 0.25) is 5.02 Å². The number of fused-ring (bicyclic) bond motifs is 1. The summed E-state index contributed by atoms with van der Waals surface area (Å²) >= 11 is 6.09. The molecule has 2 atom stereocenters. The first kappa shape index (κ1) is 21.7. The zero-order valence-corrected chi connectivity index (χ0v) is 19.2. The lowest BCUT2D eigenvalue weighted by atomic mass is 9.89. The van der Waals surface area contributed by atoms with Gasteiger partial charge in [-0.25, -0.2) is 0 Å². The zero-order valence-electron chi connectivity index (χ0n) is 18.4. The van der Waals surface area contributed by atoms with Gasteiger partial charge in [-0.15, -0.1) is 0 Å². The molecule has 0 spiro atoms. The van der Waals surface area contributed by atoms with E-state index in [0.717, 1.165) is 36.0 Å². The van der Waals surface area contributed by atoms with Crippen LogP contribution in [-0.2, 0) is 13.0 Å². The third-order valence-corrected chi connectivity index (χ3v) is 6.80. The Labute approximate surface area is 199 Å². The first-order valence-electron chi connectivity index (χ1n) is 11.4. The minimum atomic E-state index is 0.0402. The van der Waals surface area contributed by atoms with Crippen molar-refractivity contribution in [2.24, 2.45) is 11.8 Å². The van der Waals surface area contributed by atoms with E-state index in [1.54, 1.807) is 6.26 Å². The molecule has 0 aliphatic carbocycles. The molecular formula is C28H27ClN2O2. The number of rotatable bonds is 7. The van der Waals surface area contributed by atoms with Gasteiger partial charge in [0.1, 0.15) is 5.58 Å². The molecule has 1 aliphatic heterocycles. The van der Waals surface area contributed by atoms with E-state index in [1.807, 2.05) is 53.4 Å². The van der Waals surface area contributed by atoms with Crippen LogP contribution in [0.1, 0.15) is 21.5 Å². The number of hydrogen-bond donors (Lipinski definition) is 1. The third-order valence-electron chi connectivity index (χ3n) is 6.55. The van der Waals surface area contributed by atoms with Gasteiger partial charge >= 0.3 is 0 Å². The van der Waals surface area contributed by atoms with Crippen LogP contribution >= 0.6 is 11.6 Å². The maximum atomic E-state index is 13.7. The van der Waals surface area contributed by atoms with Crippen molar-refractivity contribution in [3.05, 3.63) is 107 Å². The Hall–Kier alpha value is -3.08. The minimum Gasteiger partial charge on any atom is -0.464 e. The predicted molar refractivity (Wildman–Crippen MR) is 132 cm³/mol. The number of nitrogens with one attached hydrogen (secondary N) is 1. The first-order chi connectivity index (χ1) is 16.2. The molecule has 168 valence electrons. The van der Waals surface area contributed by atoms with Gasteiger partial charge < -0.3 is 14.6 Å². The maximum Gasteiger partial charge on any atom is 0.254 e. The number of nitrogens with zero attached hydrogens (tertiary/aromatic N) is 1. The Kier molecular flexibility index (Phi) is 6.47. The van der Waals surface area contributed by atoms with Crippen LogP contribution in [0.3, 0.4) is 0 Å². The Balaban J connectivity index is 1.39. The summed E-state index contributed by atoms with van der Waals surface area (Å²) in [5.41, 5.74) is 3.89. The van der Waals surface area contributed by atoms with Gasteiger partial charge in [-0.3, -0.25) is 4.79 Å². The van der Waals surface area contributed by atoms with E-state index < -0.39 is 0 Å². The largest absolute Gasteiger partial charge is 0.464 e. The molecule has 1 amide bonds. The summed E-state index contributed by atoms with van der Waals surface area (Å²) < 4.78 is 5.45. The number of carbonyl (C=O) groups is 1. The summed E-state index contributed by atoms with van der Waals surface area (Å²) in [7, 11) is 0. The molecule has 0 saturated carbocycles. The number of amides is 1. The molecule has 0 bridgehead atoms. The van der Waals surface area contributed by atoms with Gasteiger partial charge in [0.15, 0.2) is 0 Å². The highest BCUT2D eigenvalue weighted by Gasteiger charge is 2.30. The number of furan rings is 1. The summed E-state index contributed by atoms with van der Waals surface area (Å²) in [5.74, 6) is 0.918. The van der Waals surface area contributed by atoms with Gasteiger partial charge in [0.2, 0.25) is 0 Å². The molecule has 4 nitrogen and oxygen atoms in total. The molecule has 0 radical (unpaired) electrons. The van der Waals surface area contributed by atoms with Gasteiger partial charge in [-0.2, -0.15) is 0 Å². The molecule has 3 aromatic carbocycles. The van der Waals surface area contributed by atoms with E-state index in [-0.39, 0.29) is 5.91 Å². The van der Waals surface area contributed by atoms with Gasteiger partial charge in [-0.1, -0.05) is 54.1 Å². The fourth-order valence-corrected chi connectivity index (χ4v) is 4.88. The number of benzene rings is 3. The maximum absolute atomic E-state index is 13.7. The highest BCUT2D eigenvalue weighted by atomic mass is 35.5. The van der Waals surface area contributed by atoms with Crippen LogP contribution in [0.5, 0.6) is 0 Å². The molecular weight excluding hydrogens is 432 g/mol. The van der Waals surface area contributed by atoms with E-state index in [4.69, 9.17) is 16.0 Å². The van der Waals surface area contributed by atoms with Crippen molar-refractivity contribution < 1.29 is 9.21 Å². The summed E-state index contributed by atoms with van der Waals surface area (Å²) in [4.78, 5) is 15.7. The van der Waals surface area contributed by atoms with E-state index in [9.17, 15) is 4.79 Å². The van der Waals surface area contributed by atoms with Gasteiger partial charge in [0, 0.05) is 29.1 Å². The van der Waals surface area contributed by atoms with Crippen molar-refractivity contribution >= 4 is 28.5 Å². The molecule has 1 fully saturated rings. The molecule has 1 aliphatic rings. The Bertz CT molecular complexity index is 1220. The quantitative estimate of drug-likeness (QED) is 0.380. The van der Waals surface area contributed by atoms with Crippen molar-refractivity contribution in [2.45, 2.75) is 13.0 Å². The van der Waals surface area contributed by atoms with Crippen LogP contribution in [0.4, 0.5) is 0 Å². The number of carbonyl (C=O) groups excluding carboxylic acids is 1. The van der Waals surface area contributed by atoms with E-state index >= 15 is 0 Å². The average Bonchev–Trinajstić information content (AvgIpc) is 3.49. The normalized spacial score (nSPS) is 18.0. The fourth-order valence-electron chi connectivity index (χ4n) is 4.75. The van der Waals surface area contributed by atoms with Crippen molar-refractivity contribution in [3.63, 3.8) is 0 Å². The lowest BCUT2D eigenvalue weighted by molar-refractivity contribution is 0.0705. The molecule has 1 N–H and O–H groups in total. The number of halogens is 1. The van der Waals surface area contributed by atoms with Crippen molar-refractivity contribution in [1.82, 2.24) is 10.2 Å². The molecule has 4 aromatic rings. The predicted octanol–water partition coefficient (Wildman–Crippen LogP) is 5.81. The van der Waals surface area contributed by atoms with Crippen LogP contribution < -0.4 is 5.32 Å². The molecule has 2 heterocycles. The van der Waals surface area contributed by atoms with E-state index in [2.05, 4.69) is 35.6 Å². The molecule has 1 aromatic heterocycles. The van der Waals surface area contributed by atoms with Crippen molar-refractivity contribution in [3.8, 4) is 0 Å². The molecule has 1 saturated heterocycles. The second-order valence-electron chi connectivity index (χ2n) is 8.85. The fraction of sp³-hybridized carbons (Fsp3) is 0.250. The summed E-state index contributed by atoms with van der Waals surface area (Å²) in [6, 6.07) is 25.9. The second kappa shape index (κ2) is 9.82. The van der Waals surface area contributed by atoms with Crippen molar-refractivity contribution in [1.29, 1.82) is 0 Å². The summed E-state index contributed by atoms with van der Waals surface area (Å²) in [6.07, 6.45) is 2.67. The second-order valence-corrected chi connectivity index (χ2v) is 9.29. The standard InChI is InChI=1S/C28H27ClN2O2/c29-26-9-6-21(7-10-26)18-31(28(32)23-8-11-27-22(15-23)12-13-33-27)19-25-17-30-16-24(25)14-20-4-2-1-3-5-20/h1-13,15,24-25,30H,14,16-19H2/t24-,25+/m0/s1. The summed E-state index contributed by atoms with van der Waals surface area (Å²) in [6.45, 7) is 3.15. The van der Waals surface area contributed by atoms with Gasteiger partial charge in [-0.05, 0) is 78.9 Å². The highest BCUT2D eigenvalue weighted by Crippen LogP contribution is 2.25. The van der Waals surface area contributed by atoms with Gasteiger partial charge in [0.05, 0.1) is 6.26 Å². The Morgan fingerprint density at radius 3 is 2.55 bits per heavy atom. The lowest BCUT2D eigenvalue weighted by Gasteiger charge is -2.29. The summed E-state index contributed by atoms with van der Waals surface area (Å²) in [5, 5.41) is 5.19. The molecule has 33 heavy (non-hydrogen) atoms. The van der Waals surface area contributed by atoms with Crippen LogP contribution in [0.15, 0.2) is 89.5 Å². The monoisotopic (exact) mass is 458 g/mol.